The predicted octanol–water partition coefficient (Wildman–Crippen LogP) is 3.66. The lowest BCUT2D eigenvalue weighted by Crippen LogP contribution is -2.20. The molecule has 0 aliphatic heterocycles. The maximum absolute atomic E-state index is 12.8. The summed E-state index contributed by atoms with van der Waals surface area (Å²) < 4.78 is 1.81. The van der Waals surface area contributed by atoms with E-state index >= 15 is 0 Å². The molecule has 1 unspecified atom stereocenters. The molecule has 0 fully saturated rings. The first-order valence-electron chi connectivity index (χ1n) is 10.2. The van der Waals surface area contributed by atoms with Crippen LogP contribution in [0.25, 0.3) is 11.0 Å². The smallest absolute Gasteiger partial charge is 0.305 e. The van der Waals surface area contributed by atoms with Crippen LogP contribution in [0.15, 0.2) is 79.1 Å². The van der Waals surface area contributed by atoms with Crippen LogP contribution in [-0.2, 0) is 4.79 Å². The van der Waals surface area contributed by atoms with Crippen molar-refractivity contribution in [2.24, 2.45) is 5.73 Å². The number of benzene rings is 3. The fourth-order valence-electron chi connectivity index (χ4n) is 3.67. The van der Waals surface area contributed by atoms with E-state index in [1.165, 1.54) is 0 Å². The van der Waals surface area contributed by atoms with Gasteiger partial charge in [0.15, 0.2) is 5.96 Å². The van der Waals surface area contributed by atoms with Crippen molar-refractivity contribution >= 4 is 40.2 Å². The van der Waals surface area contributed by atoms with Crippen molar-refractivity contribution in [3.63, 3.8) is 0 Å². The minimum absolute atomic E-state index is 0.109. The molecule has 9 nitrogen and oxygen atoms in total. The number of guanidine groups is 1. The molecule has 4 rings (SSSR count). The molecule has 1 heterocycles. The number of carboxylic acids is 1. The summed E-state index contributed by atoms with van der Waals surface area (Å²) in [6.45, 7) is 0. The number of carbonyl (C=O) groups excluding carboxylic acids is 1. The fraction of sp³-hybridized carbons (Fsp3) is 0.0833. The average Bonchev–Trinajstić information content (AvgIpc) is 3.20. The summed E-state index contributed by atoms with van der Waals surface area (Å²) in [4.78, 5) is 28.8. The molecule has 1 atom stereocenters. The number of fused-ring (bicyclic) bond motifs is 1. The van der Waals surface area contributed by atoms with Crippen LogP contribution in [0.3, 0.4) is 0 Å². The van der Waals surface area contributed by atoms with Crippen LogP contribution in [0, 0.1) is 5.41 Å². The highest BCUT2D eigenvalue weighted by molar-refractivity contribution is 6.06. The van der Waals surface area contributed by atoms with Gasteiger partial charge in [-0.2, -0.15) is 0 Å². The van der Waals surface area contributed by atoms with E-state index in [1.807, 2.05) is 34.9 Å². The minimum atomic E-state index is -0.922. The van der Waals surface area contributed by atoms with E-state index in [4.69, 9.17) is 11.1 Å². The Kier molecular flexibility index (Phi) is 6.03. The minimum Gasteiger partial charge on any atom is -0.481 e. The number of carbonyl (C=O) groups is 2. The molecular weight excluding hydrogens is 420 g/mol. The summed E-state index contributed by atoms with van der Waals surface area (Å²) in [5.74, 6) is -1.48. The number of aromatic nitrogens is 2. The van der Waals surface area contributed by atoms with E-state index in [1.54, 1.807) is 48.8 Å². The average molecular weight is 442 g/mol. The maximum atomic E-state index is 12.8. The van der Waals surface area contributed by atoms with Crippen molar-refractivity contribution in [3.8, 4) is 0 Å². The van der Waals surface area contributed by atoms with Gasteiger partial charge >= 0.3 is 5.97 Å². The molecule has 6 N–H and O–H groups in total. The third-order valence-electron chi connectivity index (χ3n) is 5.12. The first-order valence-corrected chi connectivity index (χ1v) is 10.2. The Labute approximate surface area is 189 Å². The largest absolute Gasteiger partial charge is 0.481 e. The first-order chi connectivity index (χ1) is 15.9. The second-order valence-electron chi connectivity index (χ2n) is 7.45. The molecule has 1 aromatic heterocycles. The summed E-state index contributed by atoms with van der Waals surface area (Å²) in [5, 5.41) is 22.3. The maximum Gasteiger partial charge on any atom is 0.305 e. The molecule has 0 bridgehead atoms. The number of imidazole rings is 1. The topological polar surface area (TPSA) is 146 Å². The van der Waals surface area contributed by atoms with Gasteiger partial charge in [0.25, 0.3) is 5.91 Å². The number of nitrogens with two attached hydrogens (primary N) is 1. The highest BCUT2D eigenvalue weighted by atomic mass is 16.4. The molecule has 9 heteroatoms. The monoisotopic (exact) mass is 442 g/mol. The van der Waals surface area contributed by atoms with Crippen LogP contribution < -0.4 is 16.4 Å². The van der Waals surface area contributed by atoms with Gasteiger partial charge in [-0.25, -0.2) is 4.98 Å². The van der Waals surface area contributed by atoms with Crippen LogP contribution in [0.5, 0.6) is 0 Å². The van der Waals surface area contributed by atoms with Gasteiger partial charge in [0.1, 0.15) is 0 Å². The fourth-order valence-corrected chi connectivity index (χ4v) is 3.67. The third kappa shape index (κ3) is 4.99. The van der Waals surface area contributed by atoms with Gasteiger partial charge in [0.2, 0.25) is 0 Å². The molecule has 4 aromatic rings. The molecule has 1 amide bonds. The lowest BCUT2D eigenvalue weighted by molar-refractivity contribution is -0.137. The molecule has 0 radical (unpaired) electrons. The second-order valence-corrected chi connectivity index (χ2v) is 7.45. The van der Waals surface area contributed by atoms with Gasteiger partial charge in [0.05, 0.1) is 29.8 Å². The third-order valence-corrected chi connectivity index (χ3v) is 5.12. The number of hydrogen-bond acceptors (Lipinski definition) is 4. The van der Waals surface area contributed by atoms with E-state index in [2.05, 4.69) is 15.6 Å². The van der Waals surface area contributed by atoms with Crippen molar-refractivity contribution in [2.45, 2.75) is 12.5 Å². The summed E-state index contributed by atoms with van der Waals surface area (Å²) in [6.07, 6.45) is 1.51. The van der Waals surface area contributed by atoms with E-state index in [-0.39, 0.29) is 18.3 Å². The summed E-state index contributed by atoms with van der Waals surface area (Å²) >= 11 is 0. The molecule has 3 aromatic carbocycles. The summed E-state index contributed by atoms with van der Waals surface area (Å²) in [5.41, 5.74) is 9.06. The molecule has 166 valence electrons. The van der Waals surface area contributed by atoms with Crippen LogP contribution in [0.1, 0.15) is 28.4 Å². The van der Waals surface area contributed by atoms with Crippen LogP contribution in [-0.4, -0.2) is 32.5 Å². The molecule has 0 aliphatic carbocycles. The molecule has 33 heavy (non-hydrogen) atoms. The molecule has 0 aliphatic rings. The number of aliphatic carboxylic acids is 1. The van der Waals surface area contributed by atoms with E-state index < -0.39 is 12.0 Å². The number of amides is 1. The highest BCUT2D eigenvalue weighted by Gasteiger charge is 2.20. The quantitative estimate of drug-likeness (QED) is 0.218. The SMILES string of the molecule is N=C(N)Nc1cccc(C(=O)Nc2ccc3ncn(C(CC(=O)O)c4ccccc4)c3c2)c1. The van der Waals surface area contributed by atoms with E-state index in [0.29, 0.717) is 28.0 Å². The number of carboxylic acid groups (broad SMARTS) is 1. The Hall–Kier alpha value is -4.66. The van der Waals surface area contributed by atoms with E-state index in [0.717, 1.165) is 5.56 Å². The van der Waals surface area contributed by atoms with Crippen molar-refractivity contribution < 1.29 is 14.7 Å². The van der Waals surface area contributed by atoms with Gasteiger partial charge in [-0.1, -0.05) is 36.4 Å². The number of anilines is 2. The summed E-state index contributed by atoms with van der Waals surface area (Å²) in [7, 11) is 0. The van der Waals surface area contributed by atoms with Gasteiger partial charge in [0, 0.05) is 16.9 Å². The van der Waals surface area contributed by atoms with Crippen LogP contribution in [0.4, 0.5) is 11.4 Å². The zero-order valence-corrected chi connectivity index (χ0v) is 17.5. The van der Waals surface area contributed by atoms with Crippen LogP contribution in [0.2, 0.25) is 0 Å². The molecule has 0 spiro atoms. The lowest BCUT2D eigenvalue weighted by atomic mass is 10.0. The van der Waals surface area contributed by atoms with E-state index in [9.17, 15) is 14.7 Å². The Balaban J connectivity index is 1.64. The van der Waals surface area contributed by atoms with Gasteiger partial charge in [-0.15, -0.1) is 0 Å². The lowest BCUT2D eigenvalue weighted by Gasteiger charge is -2.18. The number of hydrogen-bond donors (Lipinski definition) is 5. The Morgan fingerprint density at radius 2 is 1.76 bits per heavy atom. The number of rotatable bonds is 7. The first kappa shape index (κ1) is 21.6. The zero-order chi connectivity index (χ0) is 23.4. The van der Waals surface area contributed by atoms with Gasteiger partial charge in [-0.3, -0.25) is 15.0 Å². The van der Waals surface area contributed by atoms with Crippen molar-refractivity contribution in [3.05, 3.63) is 90.3 Å². The normalized spacial score (nSPS) is 11.6. The van der Waals surface area contributed by atoms with Crippen molar-refractivity contribution in [1.82, 2.24) is 9.55 Å². The molecule has 0 saturated carbocycles. The number of nitrogens with zero attached hydrogens (tertiary/aromatic N) is 2. The van der Waals surface area contributed by atoms with Gasteiger partial charge < -0.3 is 26.0 Å². The zero-order valence-electron chi connectivity index (χ0n) is 17.5. The molecule has 0 saturated heterocycles. The van der Waals surface area contributed by atoms with Gasteiger partial charge in [-0.05, 0) is 42.0 Å². The Morgan fingerprint density at radius 3 is 2.48 bits per heavy atom. The number of nitrogens with one attached hydrogen (secondary N) is 3. The standard InChI is InChI=1S/C24H22N6O3/c25-24(26)29-17-8-4-7-16(11-17)23(33)28-18-9-10-19-21(12-18)30(14-27-19)20(13-22(31)32)15-5-2-1-3-6-15/h1-12,14,20H,13H2,(H,28,33)(H,31,32)(H4,25,26,29). The van der Waals surface area contributed by atoms with Crippen molar-refractivity contribution in [2.75, 3.05) is 10.6 Å². The molecular formula is C24H22N6O3. The van der Waals surface area contributed by atoms with Crippen LogP contribution >= 0.6 is 0 Å². The van der Waals surface area contributed by atoms with Crippen molar-refractivity contribution in [1.29, 1.82) is 5.41 Å². The Morgan fingerprint density at radius 1 is 1.00 bits per heavy atom. The Bertz CT molecular complexity index is 1330. The summed E-state index contributed by atoms with van der Waals surface area (Å²) in [6, 6.07) is 20.9. The predicted molar refractivity (Wildman–Crippen MR) is 126 cm³/mol. The second kappa shape index (κ2) is 9.23. The highest BCUT2D eigenvalue weighted by Crippen LogP contribution is 2.28.